The average molecular weight is 378 g/mol. The first kappa shape index (κ1) is 18.6. The fourth-order valence-corrected chi connectivity index (χ4v) is 3.73. The number of pyridine rings is 1. The van der Waals surface area contributed by atoms with Crippen LogP contribution in [0.15, 0.2) is 48.5 Å². The van der Waals surface area contributed by atoms with E-state index in [9.17, 15) is 5.11 Å². The molecule has 1 aromatic heterocycles. The van der Waals surface area contributed by atoms with Crippen LogP contribution in [0.25, 0.3) is 10.9 Å². The van der Waals surface area contributed by atoms with E-state index in [1.807, 2.05) is 24.3 Å². The van der Waals surface area contributed by atoms with Gasteiger partial charge in [-0.1, -0.05) is 12.1 Å². The summed E-state index contributed by atoms with van der Waals surface area (Å²) < 4.78 is 11.3. The molecule has 2 heterocycles. The number of aryl methyl sites for hydroxylation is 1. The second-order valence-corrected chi connectivity index (χ2v) is 7.31. The molecule has 0 radical (unpaired) electrons. The van der Waals surface area contributed by atoms with E-state index in [0.717, 1.165) is 59.7 Å². The van der Waals surface area contributed by atoms with Gasteiger partial charge in [0.2, 0.25) is 0 Å². The fourth-order valence-electron chi connectivity index (χ4n) is 3.73. The lowest BCUT2D eigenvalue weighted by Gasteiger charge is -2.34. The lowest BCUT2D eigenvalue weighted by molar-refractivity contribution is 0.170. The number of ether oxygens (including phenoxy) is 2. The molecular weight excluding hydrogens is 352 g/mol. The molecule has 0 atom stereocenters. The van der Waals surface area contributed by atoms with Crippen LogP contribution < -0.4 is 14.4 Å². The van der Waals surface area contributed by atoms with Crippen molar-refractivity contribution in [1.29, 1.82) is 0 Å². The Kier molecular flexibility index (Phi) is 5.35. The summed E-state index contributed by atoms with van der Waals surface area (Å²) in [5.41, 5.74) is 3.05. The molecular formula is C23H26N2O3. The van der Waals surface area contributed by atoms with Gasteiger partial charge in [0.25, 0.3) is 0 Å². The average Bonchev–Trinajstić information content (AvgIpc) is 2.74. The van der Waals surface area contributed by atoms with Gasteiger partial charge >= 0.3 is 0 Å². The molecule has 0 bridgehead atoms. The Balaban J connectivity index is 1.46. The molecule has 3 aromatic rings. The molecule has 1 aliphatic heterocycles. The van der Waals surface area contributed by atoms with Gasteiger partial charge in [0.05, 0.1) is 19.2 Å². The molecule has 1 fully saturated rings. The number of hydrogen-bond donors (Lipinski definition) is 1. The summed E-state index contributed by atoms with van der Waals surface area (Å²) in [5, 5.41) is 10.9. The van der Waals surface area contributed by atoms with Gasteiger partial charge in [-0.15, -0.1) is 0 Å². The summed E-state index contributed by atoms with van der Waals surface area (Å²) in [6.07, 6.45) is 2.03. The maximum absolute atomic E-state index is 9.85. The number of aliphatic hydroxyl groups is 1. The highest BCUT2D eigenvalue weighted by molar-refractivity contribution is 5.82. The van der Waals surface area contributed by atoms with Crippen LogP contribution in [0.3, 0.4) is 0 Å². The van der Waals surface area contributed by atoms with Crippen molar-refractivity contribution in [2.24, 2.45) is 0 Å². The van der Waals surface area contributed by atoms with Crippen LogP contribution in [0.5, 0.6) is 11.5 Å². The molecule has 2 aromatic carbocycles. The van der Waals surface area contributed by atoms with Gasteiger partial charge in [-0.2, -0.15) is 0 Å². The van der Waals surface area contributed by atoms with Crippen molar-refractivity contribution < 1.29 is 14.6 Å². The first-order valence-electron chi connectivity index (χ1n) is 9.73. The number of piperidine rings is 1. The van der Waals surface area contributed by atoms with E-state index in [4.69, 9.17) is 14.5 Å². The highest BCUT2D eigenvalue weighted by Gasteiger charge is 2.23. The molecule has 4 rings (SSSR count). The molecule has 146 valence electrons. The molecule has 0 saturated carbocycles. The van der Waals surface area contributed by atoms with E-state index in [1.54, 1.807) is 7.11 Å². The normalized spacial score (nSPS) is 15.0. The van der Waals surface area contributed by atoms with E-state index < -0.39 is 0 Å². The predicted octanol–water partition coefficient (Wildman–Crippen LogP) is 4.09. The quantitative estimate of drug-likeness (QED) is 0.725. The minimum atomic E-state index is -0.00553. The van der Waals surface area contributed by atoms with Gasteiger partial charge < -0.3 is 19.5 Å². The molecule has 1 aliphatic rings. The van der Waals surface area contributed by atoms with Gasteiger partial charge in [0.1, 0.15) is 23.4 Å². The van der Waals surface area contributed by atoms with Gasteiger partial charge in [-0.05, 0) is 48.9 Å². The van der Waals surface area contributed by atoms with Crippen molar-refractivity contribution in [3.8, 4) is 11.5 Å². The van der Waals surface area contributed by atoms with E-state index in [2.05, 4.69) is 36.1 Å². The summed E-state index contributed by atoms with van der Waals surface area (Å²) in [6, 6.07) is 16.0. The third kappa shape index (κ3) is 3.90. The molecule has 0 aliphatic carbocycles. The zero-order valence-corrected chi connectivity index (χ0v) is 16.4. The van der Waals surface area contributed by atoms with Crippen molar-refractivity contribution in [3.05, 3.63) is 59.7 Å². The number of methoxy groups -OCH3 is 1. The van der Waals surface area contributed by atoms with Gasteiger partial charge in [-0.3, -0.25) is 0 Å². The topological polar surface area (TPSA) is 54.8 Å². The molecule has 1 N–H and O–H groups in total. The second-order valence-electron chi connectivity index (χ2n) is 7.31. The minimum Gasteiger partial charge on any atom is -0.497 e. The highest BCUT2D eigenvalue weighted by atomic mass is 16.5. The Morgan fingerprint density at radius 2 is 1.75 bits per heavy atom. The van der Waals surface area contributed by atoms with Crippen LogP contribution >= 0.6 is 0 Å². The van der Waals surface area contributed by atoms with Crippen LogP contribution in [0.1, 0.15) is 24.0 Å². The Morgan fingerprint density at radius 3 is 2.43 bits per heavy atom. The standard InChI is InChI=1S/C23H26N2O3/c1-16-3-4-17-14-18(15-26)23(24-22(17)13-16)25-11-9-21(10-12-25)28-20-7-5-19(27-2)6-8-20/h3-8,13-14,21,26H,9-12,15H2,1-2H3. The van der Waals surface area contributed by atoms with Gasteiger partial charge in [0.15, 0.2) is 0 Å². The maximum atomic E-state index is 9.85. The minimum absolute atomic E-state index is 0.00553. The van der Waals surface area contributed by atoms with Crippen LogP contribution in [0.4, 0.5) is 5.82 Å². The third-order valence-corrected chi connectivity index (χ3v) is 5.30. The number of aliphatic hydroxyl groups excluding tert-OH is 1. The molecule has 5 heteroatoms. The third-order valence-electron chi connectivity index (χ3n) is 5.30. The lowest BCUT2D eigenvalue weighted by Crippen LogP contribution is -2.39. The maximum Gasteiger partial charge on any atom is 0.134 e. The summed E-state index contributed by atoms with van der Waals surface area (Å²) in [7, 11) is 1.66. The molecule has 0 amide bonds. The summed E-state index contributed by atoms with van der Waals surface area (Å²) in [6.45, 7) is 3.79. The van der Waals surface area contributed by atoms with Gasteiger partial charge in [0, 0.05) is 36.9 Å². The van der Waals surface area contributed by atoms with Gasteiger partial charge in [-0.25, -0.2) is 4.98 Å². The Hall–Kier alpha value is -2.79. The predicted molar refractivity (Wildman–Crippen MR) is 111 cm³/mol. The zero-order chi connectivity index (χ0) is 19.5. The number of hydrogen-bond acceptors (Lipinski definition) is 5. The highest BCUT2D eigenvalue weighted by Crippen LogP contribution is 2.28. The number of anilines is 1. The van der Waals surface area contributed by atoms with Crippen molar-refractivity contribution >= 4 is 16.7 Å². The molecule has 28 heavy (non-hydrogen) atoms. The van der Waals surface area contributed by atoms with Crippen LogP contribution in [0, 0.1) is 6.92 Å². The molecule has 1 saturated heterocycles. The number of rotatable bonds is 5. The van der Waals surface area contributed by atoms with Crippen molar-refractivity contribution in [3.63, 3.8) is 0 Å². The number of benzene rings is 2. The summed E-state index contributed by atoms with van der Waals surface area (Å²) >= 11 is 0. The zero-order valence-electron chi connectivity index (χ0n) is 16.4. The molecule has 5 nitrogen and oxygen atoms in total. The molecule has 0 unspecified atom stereocenters. The summed E-state index contributed by atoms with van der Waals surface area (Å²) in [4.78, 5) is 7.13. The second kappa shape index (κ2) is 8.07. The number of aromatic nitrogens is 1. The fraction of sp³-hybridized carbons (Fsp3) is 0.348. The van der Waals surface area contributed by atoms with E-state index in [1.165, 1.54) is 5.56 Å². The van der Waals surface area contributed by atoms with Crippen LogP contribution in [-0.2, 0) is 6.61 Å². The largest absolute Gasteiger partial charge is 0.497 e. The van der Waals surface area contributed by atoms with E-state index >= 15 is 0 Å². The SMILES string of the molecule is COc1ccc(OC2CCN(c3nc4cc(C)ccc4cc3CO)CC2)cc1. The first-order chi connectivity index (χ1) is 13.7. The van der Waals surface area contributed by atoms with Crippen molar-refractivity contribution in [2.75, 3.05) is 25.1 Å². The lowest BCUT2D eigenvalue weighted by atomic mass is 10.1. The first-order valence-corrected chi connectivity index (χ1v) is 9.73. The Bertz CT molecular complexity index is 948. The molecule has 0 spiro atoms. The van der Waals surface area contributed by atoms with Crippen molar-refractivity contribution in [1.82, 2.24) is 4.98 Å². The van der Waals surface area contributed by atoms with E-state index in [0.29, 0.717) is 0 Å². The Morgan fingerprint density at radius 1 is 1.04 bits per heavy atom. The van der Waals surface area contributed by atoms with Crippen LogP contribution in [0.2, 0.25) is 0 Å². The smallest absolute Gasteiger partial charge is 0.134 e. The van der Waals surface area contributed by atoms with Crippen molar-refractivity contribution in [2.45, 2.75) is 32.5 Å². The monoisotopic (exact) mass is 378 g/mol. The Labute approximate surface area is 165 Å². The summed E-state index contributed by atoms with van der Waals surface area (Å²) in [5.74, 6) is 2.59. The number of fused-ring (bicyclic) bond motifs is 1. The van der Waals surface area contributed by atoms with E-state index in [-0.39, 0.29) is 12.7 Å². The van der Waals surface area contributed by atoms with Crippen LogP contribution in [-0.4, -0.2) is 36.4 Å². The number of nitrogens with zero attached hydrogens (tertiary/aromatic N) is 2.